The Morgan fingerprint density at radius 1 is 0.744 bits per heavy atom. The van der Waals surface area contributed by atoms with Gasteiger partial charge < -0.3 is 74.4 Å². The van der Waals surface area contributed by atoms with Gasteiger partial charge in [-0.05, 0) is 24.3 Å². The number of ether oxygens (including phenoxy) is 4. The van der Waals surface area contributed by atoms with Gasteiger partial charge in [0.2, 0.25) is 12.0 Å². The van der Waals surface area contributed by atoms with Crippen molar-refractivity contribution in [3.63, 3.8) is 0 Å². The molecule has 16 heteroatoms. The standard InChI is InChI=1S/C27H30O16/c28-7-15-18(33)21(36)23(38)26(41-15)43-25-22(37)19(34)16(8-29)42-27(25)40-14-6-12(32)17-11(31)5-13(39-24(17)20(14)35)9-1-3-10(30)4-2-9/h1-6,15-16,18-19,21-23,25-30,32-38H,7-8H2/t15-,16-,18-,19-,21-,22+,23-,25-,26+,27-/m1/s1. The summed E-state index contributed by atoms with van der Waals surface area (Å²) in [5.74, 6) is -2.15. The molecule has 0 radical (unpaired) electrons. The largest absolute Gasteiger partial charge is 0.508 e. The first kappa shape index (κ1) is 30.9. The lowest BCUT2D eigenvalue weighted by atomic mass is 9.97. The lowest BCUT2D eigenvalue weighted by molar-refractivity contribution is -0.358. The van der Waals surface area contributed by atoms with E-state index in [-0.39, 0.29) is 11.5 Å². The summed E-state index contributed by atoms with van der Waals surface area (Å²) in [6.45, 7) is -1.60. The predicted octanol–water partition coefficient (Wildman–Crippen LogP) is -2.42. The summed E-state index contributed by atoms with van der Waals surface area (Å²) in [5, 5.41) is 102. The van der Waals surface area contributed by atoms with Crippen LogP contribution < -0.4 is 10.2 Å². The van der Waals surface area contributed by atoms with Crippen molar-refractivity contribution in [2.45, 2.75) is 61.4 Å². The molecule has 0 bridgehead atoms. The van der Waals surface area contributed by atoms with Crippen LogP contribution in [-0.2, 0) is 14.2 Å². The fourth-order valence-electron chi connectivity index (χ4n) is 4.89. The van der Waals surface area contributed by atoms with Gasteiger partial charge >= 0.3 is 0 Å². The Hall–Kier alpha value is -3.55. The van der Waals surface area contributed by atoms with Gasteiger partial charge in [-0.1, -0.05) is 0 Å². The molecule has 0 aliphatic carbocycles. The molecular weight excluding hydrogens is 580 g/mol. The van der Waals surface area contributed by atoms with Crippen LogP contribution >= 0.6 is 0 Å². The van der Waals surface area contributed by atoms with Gasteiger partial charge in [-0.15, -0.1) is 0 Å². The highest BCUT2D eigenvalue weighted by Gasteiger charge is 2.51. The first-order valence-corrected chi connectivity index (χ1v) is 13.0. The molecule has 3 aromatic rings. The Balaban J connectivity index is 1.51. The summed E-state index contributed by atoms with van der Waals surface area (Å²) in [6, 6.07) is 7.46. The number of aliphatic hydroxyl groups is 7. The number of rotatable bonds is 7. The lowest BCUT2D eigenvalue weighted by Crippen LogP contribution is -2.65. The Labute approximate surface area is 241 Å². The quantitative estimate of drug-likeness (QED) is 0.125. The smallest absolute Gasteiger partial charge is 0.229 e. The molecule has 234 valence electrons. The molecule has 2 saturated heterocycles. The highest BCUT2D eigenvalue weighted by Crippen LogP contribution is 2.42. The van der Waals surface area contributed by atoms with Gasteiger partial charge in [0.15, 0.2) is 29.2 Å². The fraction of sp³-hybridized carbons (Fsp3) is 0.444. The van der Waals surface area contributed by atoms with Crippen molar-refractivity contribution in [1.82, 2.24) is 0 Å². The Bertz CT molecular complexity index is 1490. The van der Waals surface area contributed by atoms with Crippen molar-refractivity contribution in [2.75, 3.05) is 13.2 Å². The van der Waals surface area contributed by atoms with Gasteiger partial charge in [0.1, 0.15) is 65.4 Å². The van der Waals surface area contributed by atoms with Crippen molar-refractivity contribution in [3.8, 4) is 34.3 Å². The van der Waals surface area contributed by atoms with Crippen molar-refractivity contribution < 1.29 is 74.4 Å². The van der Waals surface area contributed by atoms with Crippen molar-refractivity contribution in [1.29, 1.82) is 0 Å². The van der Waals surface area contributed by atoms with Crippen molar-refractivity contribution >= 4 is 11.0 Å². The zero-order valence-electron chi connectivity index (χ0n) is 22.1. The summed E-state index contributed by atoms with van der Waals surface area (Å²) in [6.07, 6.45) is -17.4. The number of aliphatic hydroxyl groups excluding tert-OH is 7. The SMILES string of the molecule is O=c1cc(-c2ccc(O)cc2)oc2c(O)c(O[C@@H]3O[C@H](CO)[C@@H](O)[C@H](O)[C@H]3O[C@@H]3O[C@H](CO)[C@@H](O)[C@@H](O)[C@H]3O)cc(O)c12. The monoisotopic (exact) mass is 610 g/mol. The van der Waals surface area contributed by atoms with E-state index in [2.05, 4.69) is 0 Å². The van der Waals surface area contributed by atoms with Crippen molar-refractivity contribution in [3.05, 3.63) is 46.6 Å². The maximum absolute atomic E-state index is 12.8. The average Bonchev–Trinajstić information content (AvgIpc) is 2.99. The maximum Gasteiger partial charge on any atom is 0.229 e. The molecule has 0 unspecified atom stereocenters. The molecule has 3 heterocycles. The van der Waals surface area contributed by atoms with Crippen LogP contribution in [-0.4, -0.2) is 126 Å². The lowest BCUT2D eigenvalue weighted by Gasteiger charge is -2.45. The number of fused-ring (bicyclic) bond motifs is 1. The predicted molar refractivity (Wildman–Crippen MR) is 140 cm³/mol. The molecule has 0 amide bonds. The molecule has 0 spiro atoms. The van der Waals surface area contributed by atoms with Crippen LogP contribution in [0.25, 0.3) is 22.3 Å². The van der Waals surface area contributed by atoms with Gasteiger partial charge in [-0.3, -0.25) is 4.79 Å². The van der Waals surface area contributed by atoms with Crippen LogP contribution in [0.4, 0.5) is 0 Å². The highest BCUT2D eigenvalue weighted by atomic mass is 16.8. The Morgan fingerprint density at radius 3 is 1.98 bits per heavy atom. The first-order valence-electron chi connectivity index (χ1n) is 13.0. The van der Waals surface area contributed by atoms with Gasteiger partial charge in [-0.2, -0.15) is 0 Å². The molecule has 10 atom stereocenters. The Kier molecular flexibility index (Phi) is 8.77. The van der Waals surface area contributed by atoms with Gasteiger partial charge in [0, 0.05) is 17.7 Å². The summed E-state index contributed by atoms with van der Waals surface area (Å²) in [4.78, 5) is 12.8. The number of phenolic OH excluding ortho intramolecular Hbond substituents is 3. The molecule has 2 fully saturated rings. The van der Waals surface area contributed by atoms with Crippen LogP contribution in [0.15, 0.2) is 45.6 Å². The molecule has 2 aromatic carbocycles. The summed E-state index contributed by atoms with van der Waals surface area (Å²) in [5.41, 5.74) is -0.902. The van der Waals surface area contributed by atoms with Gasteiger partial charge in [0.05, 0.1) is 13.2 Å². The molecule has 1 aromatic heterocycles. The zero-order chi connectivity index (χ0) is 31.2. The normalized spacial score (nSPS) is 33.0. The molecule has 2 aliphatic rings. The van der Waals surface area contributed by atoms with E-state index in [1.807, 2.05) is 0 Å². The summed E-state index contributed by atoms with van der Waals surface area (Å²) in [7, 11) is 0. The average molecular weight is 611 g/mol. The molecule has 43 heavy (non-hydrogen) atoms. The van der Waals surface area contributed by atoms with Gasteiger partial charge in [0.25, 0.3) is 0 Å². The molecule has 0 saturated carbocycles. The molecule has 2 aliphatic heterocycles. The first-order chi connectivity index (χ1) is 20.4. The van der Waals surface area contributed by atoms with Crippen LogP contribution in [0.3, 0.4) is 0 Å². The minimum Gasteiger partial charge on any atom is -0.508 e. The summed E-state index contributed by atoms with van der Waals surface area (Å²) >= 11 is 0. The van der Waals surface area contributed by atoms with E-state index in [0.717, 1.165) is 12.1 Å². The molecule has 16 nitrogen and oxygen atoms in total. The third-order valence-electron chi connectivity index (χ3n) is 7.28. The second-order valence-corrected chi connectivity index (χ2v) is 10.1. The van der Waals surface area contributed by atoms with Crippen LogP contribution in [0.2, 0.25) is 0 Å². The van der Waals surface area contributed by atoms with E-state index in [1.54, 1.807) is 0 Å². The van der Waals surface area contributed by atoms with Crippen LogP contribution in [0.1, 0.15) is 0 Å². The van der Waals surface area contributed by atoms with E-state index >= 15 is 0 Å². The molecular formula is C27H30O16. The van der Waals surface area contributed by atoms with E-state index in [9.17, 15) is 55.9 Å². The topological polar surface area (TPSA) is 269 Å². The summed E-state index contributed by atoms with van der Waals surface area (Å²) < 4.78 is 27.8. The van der Waals surface area contributed by atoms with Crippen LogP contribution in [0, 0.1) is 0 Å². The maximum atomic E-state index is 12.8. The highest BCUT2D eigenvalue weighted by molar-refractivity contribution is 5.91. The minimum absolute atomic E-state index is 0.0408. The van der Waals surface area contributed by atoms with E-state index in [0.29, 0.717) is 5.56 Å². The fourth-order valence-corrected chi connectivity index (χ4v) is 4.89. The number of benzene rings is 2. The number of hydrogen-bond donors (Lipinski definition) is 10. The molecule has 5 rings (SSSR count). The third kappa shape index (κ3) is 5.73. The second-order valence-electron chi connectivity index (χ2n) is 10.1. The van der Waals surface area contributed by atoms with E-state index in [4.69, 9.17) is 23.4 Å². The Morgan fingerprint density at radius 2 is 1.35 bits per heavy atom. The number of aromatic hydroxyl groups is 3. The van der Waals surface area contributed by atoms with E-state index in [1.165, 1.54) is 24.3 Å². The zero-order valence-corrected chi connectivity index (χ0v) is 22.1. The minimum atomic E-state index is -1.91. The van der Waals surface area contributed by atoms with Crippen molar-refractivity contribution in [2.24, 2.45) is 0 Å². The van der Waals surface area contributed by atoms with E-state index < -0.39 is 108 Å². The third-order valence-corrected chi connectivity index (χ3v) is 7.28. The van der Waals surface area contributed by atoms with Gasteiger partial charge in [-0.25, -0.2) is 0 Å². The number of hydrogen-bond acceptors (Lipinski definition) is 16. The number of phenols is 3. The second kappa shape index (κ2) is 12.2. The van der Waals surface area contributed by atoms with Crippen LogP contribution in [0.5, 0.6) is 23.0 Å². The molecule has 10 N–H and O–H groups in total.